The van der Waals surface area contributed by atoms with E-state index in [9.17, 15) is 4.79 Å². The Hall–Kier alpha value is -1.03. The predicted octanol–water partition coefficient (Wildman–Crippen LogP) is 1.66. The van der Waals surface area contributed by atoms with Gasteiger partial charge in [-0.2, -0.15) is 0 Å². The molecule has 0 aromatic heterocycles. The lowest BCUT2D eigenvalue weighted by Gasteiger charge is -2.01. The average Bonchev–Trinajstić information content (AvgIpc) is 1.96. The van der Waals surface area contributed by atoms with Gasteiger partial charge in [-0.05, 0) is 23.8 Å². The molecule has 0 saturated carbocycles. The third kappa shape index (κ3) is 2.23. The van der Waals surface area contributed by atoms with Crippen LogP contribution in [0.3, 0.4) is 0 Å². The van der Waals surface area contributed by atoms with Gasteiger partial charge in [0.1, 0.15) is 0 Å². The van der Waals surface area contributed by atoms with Gasteiger partial charge < -0.3 is 10.8 Å². The van der Waals surface area contributed by atoms with Gasteiger partial charge in [-0.3, -0.25) is 4.79 Å². The van der Waals surface area contributed by atoms with E-state index in [0.717, 1.165) is 4.47 Å². The fourth-order valence-electron chi connectivity index (χ4n) is 0.893. The number of carboxylic acids is 1. The van der Waals surface area contributed by atoms with Crippen LogP contribution in [0.5, 0.6) is 0 Å². The number of rotatable bonds is 2. The Morgan fingerprint density at radius 1 is 1.58 bits per heavy atom. The maximum absolute atomic E-state index is 10.4. The van der Waals surface area contributed by atoms with Crippen molar-refractivity contribution in [2.75, 3.05) is 5.73 Å². The van der Waals surface area contributed by atoms with Gasteiger partial charge in [-0.25, -0.2) is 0 Å². The SMILES string of the molecule is Nc1ccc(Br)c(CC(=O)O)c1. The molecule has 0 unspecified atom stereocenters. The van der Waals surface area contributed by atoms with E-state index < -0.39 is 5.97 Å². The summed E-state index contributed by atoms with van der Waals surface area (Å²) in [5, 5.41) is 8.52. The molecule has 4 heteroatoms. The average molecular weight is 230 g/mol. The van der Waals surface area contributed by atoms with Gasteiger partial charge in [0, 0.05) is 10.2 Å². The summed E-state index contributed by atoms with van der Waals surface area (Å²) in [6.45, 7) is 0. The minimum Gasteiger partial charge on any atom is -0.481 e. The van der Waals surface area contributed by atoms with Crippen LogP contribution in [0, 0.1) is 0 Å². The number of nitrogen functional groups attached to an aromatic ring is 1. The summed E-state index contributed by atoms with van der Waals surface area (Å²) in [6, 6.07) is 5.11. The van der Waals surface area contributed by atoms with E-state index >= 15 is 0 Å². The largest absolute Gasteiger partial charge is 0.481 e. The van der Waals surface area contributed by atoms with Gasteiger partial charge in [0.05, 0.1) is 6.42 Å². The van der Waals surface area contributed by atoms with Crippen molar-refractivity contribution < 1.29 is 9.90 Å². The lowest BCUT2D eigenvalue weighted by atomic mass is 10.1. The number of hydrogen-bond donors (Lipinski definition) is 2. The Bertz CT molecular complexity index is 312. The zero-order chi connectivity index (χ0) is 9.14. The Balaban J connectivity index is 2.97. The number of anilines is 1. The normalized spacial score (nSPS) is 9.75. The highest BCUT2D eigenvalue weighted by molar-refractivity contribution is 9.10. The predicted molar refractivity (Wildman–Crippen MR) is 49.9 cm³/mol. The molecule has 0 bridgehead atoms. The smallest absolute Gasteiger partial charge is 0.307 e. The van der Waals surface area contributed by atoms with Crippen LogP contribution in [0.25, 0.3) is 0 Å². The number of nitrogens with two attached hydrogens (primary N) is 1. The summed E-state index contributed by atoms with van der Waals surface area (Å²) in [4.78, 5) is 10.4. The van der Waals surface area contributed by atoms with E-state index in [1.807, 2.05) is 0 Å². The minimum atomic E-state index is -0.860. The lowest BCUT2D eigenvalue weighted by Crippen LogP contribution is -2.01. The second-order valence-electron chi connectivity index (χ2n) is 2.42. The molecule has 0 fully saturated rings. The van der Waals surface area contributed by atoms with E-state index in [1.165, 1.54) is 0 Å². The molecule has 0 amide bonds. The molecule has 0 saturated heterocycles. The number of benzene rings is 1. The third-order valence-electron chi connectivity index (χ3n) is 1.41. The van der Waals surface area contributed by atoms with Crippen LogP contribution in [-0.4, -0.2) is 11.1 Å². The van der Waals surface area contributed by atoms with Gasteiger partial charge in [0.2, 0.25) is 0 Å². The van der Waals surface area contributed by atoms with Crippen molar-refractivity contribution in [3.63, 3.8) is 0 Å². The number of halogens is 1. The van der Waals surface area contributed by atoms with Gasteiger partial charge in [-0.1, -0.05) is 15.9 Å². The van der Waals surface area contributed by atoms with Crippen LogP contribution >= 0.6 is 15.9 Å². The molecular weight excluding hydrogens is 222 g/mol. The standard InChI is InChI=1S/C8H8BrNO2/c9-7-2-1-6(10)3-5(7)4-8(11)12/h1-3H,4,10H2,(H,11,12). The topological polar surface area (TPSA) is 63.3 Å². The van der Waals surface area contributed by atoms with Crippen LogP contribution in [0.1, 0.15) is 5.56 Å². The molecule has 0 radical (unpaired) electrons. The molecule has 0 aliphatic heterocycles. The van der Waals surface area contributed by atoms with Gasteiger partial charge in [0.15, 0.2) is 0 Å². The molecule has 1 aromatic rings. The highest BCUT2D eigenvalue weighted by Crippen LogP contribution is 2.19. The number of hydrogen-bond acceptors (Lipinski definition) is 2. The Morgan fingerprint density at radius 3 is 2.83 bits per heavy atom. The van der Waals surface area contributed by atoms with E-state index in [-0.39, 0.29) is 6.42 Å². The maximum atomic E-state index is 10.4. The molecular formula is C8H8BrNO2. The summed E-state index contributed by atoms with van der Waals surface area (Å²) in [5.41, 5.74) is 6.76. The minimum absolute atomic E-state index is 0.00831. The molecule has 12 heavy (non-hydrogen) atoms. The van der Waals surface area contributed by atoms with Gasteiger partial charge >= 0.3 is 5.97 Å². The summed E-state index contributed by atoms with van der Waals surface area (Å²) >= 11 is 3.24. The van der Waals surface area contributed by atoms with E-state index in [1.54, 1.807) is 18.2 Å². The number of carboxylic acid groups (broad SMARTS) is 1. The maximum Gasteiger partial charge on any atom is 0.307 e. The van der Waals surface area contributed by atoms with Crippen molar-refractivity contribution >= 4 is 27.6 Å². The molecule has 0 spiro atoms. The molecule has 0 aliphatic rings. The first-order valence-corrected chi connectivity index (χ1v) is 4.14. The number of aliphatic carboxylic acids is 1. The van der Waals surface area contributed by atoms with E-state index in [4.69, 9.17) is 10.8 Å². The zero-order valence-corrected chi connectivity index (χ0v) is 7.84. The zero-order valence-electron chi connectivity index (χ0n) is 6.25. The van der Waals surface area contributed by atoms with Crippen molar-refractivity contribution in [1.82, 2.24) is 0 Å². The number of carbonyl (C=O) groups is 1. The highest BCUT2D eigenvalue weighted by Gasteiger charge is 2.04. The third-order valence-corrected chi connectivity index (χ3v) is 2.19. The van der Waals surface area contributed by atoms with Crippen molar-refractivity contribution in [1.29, 1.82) is 0 Å². The van der Waals surface area contributed by atoms with Crippen molar-refractivity contribution in [3.8, 4) is 0 Å². The first-order chi connectivity index (χ1) is 5.59. The van der Waals surface area contributed by atoms with Gasteiger partial charge in [0.25, 0.3) is 0 Å². The Morgan fingerprint density at radius 2 is 2.25 bits per heavy atom. The Kier molecular flexibility index (Phi) is 2.70. The molecule has 1 rings (SSSR count). The molecule has 3 nitrogen and oxygen atoms in total. The second kappa shape index (κ2) is 3.58. The van der Waals surface area contributed by atoms with E-state index in [2.05, 4.69) is 15.9 Å². The molecule has 3 N–H and O–H groups in total. The monoisotopic (exact) mass is 229 g/mol. The van der Waals surface area contributed by atoms with Gasteiger partial charge in [-0.15, -0.1) is 0 Å². The quantitative estimate of drug-likeness (QED) is 0.759. The summed E-state index contributed by atoms with van der Waals surface area (Å²) in [5.74, 6) is -0.860. The summed E-state index contributed by atoms with van der Waals surface area (Å²) in [6.07, 6.45) is -0.00831. The lowest BCUT2D eigenvalue weighted by molar-refractivity contribution is -0.136. The summed E-state index contributed by atoms with van der Waals surface area (Å²) in [7, 11) is 0. The van der Waals surface area contributed by atoms with E-state index in [0.29, 0.717) is 11.3 Å². The molecule has 64 valence electrons. The Labute approximate surface area is 78.3 Å². The molecule has 0 aliphatic carbocycles. The second-order valence-corrected chi connectivity index (χ2v) is 3.28. The molecule has 1 aromatic carbocycles. The molecule has 0 heterocycles. The van der Waals surface area contributed by atoms with Crippen LogP contribution < -0.4 is 5.73 Å². The first kappa shape index (κ1) is 9.06. The van der Waals surface area contributed by atoms with Crippen molar-refractivity contribution in [2.45, 2.75) is 6.42 Å². The first-order valence-electron chi connectivity index (χ1n) is 3.35. The van der Waals surface area contributed by atoms with Crippen LogP contribution in [0.15, 0.2) is 22.7 Å². The van der Waals surface area contributed by atoms with Crippen molar-refractivity contribution in [3.05, 3.63) is 28.2 Å². The molecule has 0 atom stereocenters. The van der Waals surface area contributed by atoms with Crippen LogP contribution in [-0.2, 0) is 11.2 Å². The van der Waals surface area contributed by atoms with Crippen LogP contribution in [0.4, 0.5) is 5.69 Å². The summed E-state index contributed by atoms with van der Waals surface area (Å²) < 4.78 is 0.777. The van der Waals surface area contributed by atoms with Crippen molar-refractivity contribution in [2.24, 2.45) is 0 Å². The fourth-order valence-corrected chi connectivity index (χ4v) is 1.28. The fraction of sp³-hybridized carbons (Fsp3) is 0.125. The highest BCUT2D eigenvalue weighted by atomic mass is 79.9. The van der Waals surface area contributed by atoms with Crippen LogP contribution in [0.2, 0.25) is 0 Å².